The molecule has 3 aromatic carbocycles. The molecule has 5 nitrogen and oxygen atoms in total. The molecule has 0 saturated heterocycles. The number of carbonyl (C=O) groups is 2. The van der Waals surface area contributed by atoms with Gasteiger partial charge in [-0.05, 0) is 35.4 Å². The fraction of sp³-hybridized carbons (Fsp3) is 0.0909. The third-order valence-corrected chi connectivity index (χ3v) is 4.79. The van der Waals surface area contributed by atoms with Crippen molar-refractivity contribution in [2.75, 3.05) is 18.5 Å². The quantitative estimate of drug-likeness (QED) is 0.590. The lowest BCUT2D eigenvalue weighted by molar-refractivity contribution is 0.102. The van der Waals surface area contributed by atoms with Gasteiger partial charge >= 0.3 is 0 Å². The van der Waals surface area contributed by atoms with Gasteiger partial charge in [0.15, 0.2) is 17.3 Å². The molecule has 5 heteroatoms. The van der Waals surface area contributed by atoms with E-state index in [1.165, 1.54) is 0 Å². The molecule has 1 aliphatic carbocycles. The lowest BCUT2D eigenvalue weighted by Gasteiger charge is -2.19. The molecule has 0 aromatic heterocycles. The van der Waals surface area contributed by atoms with Crippen molar-refractivity contribution in [3.05, 3.63) is 77.4 Å². The number of rotatable bonds is 2. The summed E-state index contributed by atoms with van der Waals surface area (Å²) in [4.78, 5) is 25.3. The molecule has 1 amide bonds. The van der Waals surface area contributed by atoms with E-state index in [-0.39, 0.29) is 11.7 Å². The molecular formula is C22H15NO4. The summed E-state index contributed by atoms with van der Waals surface area (Å²) in [6.07, 6.45) is 0. The Bertz CT molecular complexity index is 1100. The summed E-state index contributed by atoms with van der Waals surface area (Å²) in [6, 6.07) is 18.0. The molecule has 0 unspecified atom stereocenters. The molecule has 1 N–H and O–H groups in total. The van der Waals surface area contributed by atoms with Gasteiger partial charge in [0.2, 0.25) is 0 Å². The van der Waals surface area contributed by atoms with E-state index < -0.39 is 0 Å². The Morgan fingerprint density at radius 3 is 2.37 bits per heavy atom. The minimum Gasteiger partial charge on any atom is -0.486 e. The van der Waals surface area contributed by atoms with Crippen molar-refractivity contribution < 1.29 is 19.1 Å². The van der Waals surface area contributed by atoms with Crippen LogP contribution in [0.3, 0.4) is 0 Å². The third kappa shape index (κ3) is 2.56. The van der Waals surface area contributed by atoms with E-state index in [2.05, 4.69) is 5.32 Å². The number of ether oxygens (including phenoxy) is 2. The van der Waals surface area contributed by atoms with Gasteiger partial charge in [-0.1, -0.05) is 30.3 Å². The first kappa shape index (κ1) is 15.6. The van der Waals surface area contributed by atoms with E-state index in [4.69, 9.17) is 9.47 Å². The monoisotopic (exact) mass is 357 g/mol. The summed E-state index contributed by atoms with van der Waals surface area (Å²) in [5.74, 6) is 0.951. The van der Waals surface area contributed by atoms with Crippen LogP contribution in [0.4, 0.5) is 5.69 Å². The second-order valence-corrected chi connectivity index (χ2v) is 6.45. The van der Waals surface area contributed by atoms with Crippen molar-refractivity contribution in [2.24, 2.45) is 0 Å². The van der Waals surface area contributed by atoms with E-state index in [0.717, 1.165) is 11.1 Å². The van der Waals surface area contributed by atoms with Crippen molar-refractivity contribution >= 4 is 17.4 Å². The van der Waals surface area contributed by atoms with Gasteiger partial charge < -0.3 is 14.8 Å². The first-order chi connectivity index (χ1) is 13.2. The minimum absolute atomic E-state index is 0.0467. The highest BCUT2D eigenvalue weighted by atomic mass is 16.6. The fourth-order valence-corrected chi connectivity index (χ4v) is 3.49. The molecule has 0 atom stereocenters. The molecule has 132 valence electrons. The average molecular weight is 357 g/mol. The highest BCUT2D eigenvalue weighted by Gasteiger charge is 2.27. The Labute approximate surface area is 155 Å². The highest BCUT2D eigenvalue weighted by molar-refractivity contribution is 6.22. The minimum atomic E-state index is -0.279. The van der Waals surface area contributed by atoms with E-state index in [0.29, 0.717) is 47.1 Å². The number of fused-ring (bicyclic) bond motifs is 4. The van der Waals surface area contributed by atoms with Crippen LogP contribution < -0.4 is 14.8 Å². The second kappa shape index (κ2) is 5.99. The smallest absolute Gasteiger partial charge is 0.255 e. The van der Waals surface area contributed by atoms with Crippen molar-refractivity contribution in [3.63, 3.8) is 0 Å². The zero-order valence-electron chi connectivity index (χ0n) is 14.3. The lowest BCUT2D eigenvalue weighted by Crippen LogP contribution is -2.16. The van der Waals surface area contributed by atoms with Crippen LogP contribution >= 0.6 is 0 Å². The number of anilines is 1. The van der Waals surface area contributed by atoms with Gasteiger partial charge in [0.1, 0.15) is 13.2 Å². The van der Waals surface area contributed by atoms with Crippen LogP contribution in [-0.2, 0) is 0 Å². The van der Waals surface area contributed by atoms with Crippen LogP contribution in [-0.4, -0.2) is 24.9 Å². The van der Waals surface area contributed by atoms with Crippen molar-refractivity contribution in [2.45, 2.75) is 0 Å². The Morgan fingerprint density at radius 2 is 1.52 bits per heavy atom. The topological polar surface area (TPSA) is 64.6 Å². The standard InChI is InChI=1S/C22H15NO4/c24-21-17-4-2-1-3-15(17)16-7-5-13(11-18(16)21)22(25)23-14-6-8-19-20(12-14)27-10-9-26-19/h1-8,11-12H,9-10H2,(H,23,25). The molecule has 1 aliphatic heterocycles. The van der Waals surface area contributed by atoms with E-state index in [9.17, 15) is 9.59 Å². The predicted molar refractivity (Wildman–Crippen MR) is 101 cm³/mol. The lowest BCUT2D eigenvalue weighted by atomic mass is 10.0. The van der Waals surface area contributed by atoms with Crippen LogP contribution in [0.1, 0.15) is 26.3 Å². The summed E-state index contributed by atoms with van der Waals surface area (Å²) in [7, 11) is 0. The first-order valence-electron chi connectivity index (χ1n) is 8.70. The van der Waals surface area contributed by atoms with Gasteiger partial charge in [0.05, 0.1) is 0 Å². The van der Waals surface area contributed by atoms with Crippen molar-refractivity contribution in [1.82, 2.24) is 0 Å². The van der Waals surface area contributed by atoms with Gasteiger partial charge in [0, 0.05) is 28.4 Å². The number of benzene rings is 3. The van der Waals surface area contributed by atoms with Crippen LogP contribution in [0, 0.1) is 0 Å². The number of carbonyl (C=O) groups excluding carboxylic acids is 2. The summed E-state index contributed by atoms with van der Waals surface area (Å²) < 4.78 is 11.0. The number of nitrogens with one attached hydrogen (secondary N) is 1. The average Bonchev–Trinajstić information content (AvgIpc) is 3.00. The third-order valence-electron chi connectivity index (χ3n) is 4.79. The Balaban J connectivity index is 1.43. The maximum Gasteiger partial charge on any atom is 0.255 e. The molecule has 3 aromatic rings. The summed E-state index contributed by atoms with van der Waals surface area (Å²) in [5, 5.41) is 2.85. The number of hydrogen-bond donors (Lipinski definition) is 1. The SMILES string of the molecule is O=C(Nc1ccc2c(c1)OCCO2)c1ccc2c(c1)C(=O)c1ccccc1-2. The summed E-state index contributed by atoms with van der Waals surface area (Å²) in [6.45, 7) is 1.00. The van der Waals surface area contributed by atoms with E-state index >= 15 is 0 Å². The van der Waals surface area contributed by atoms with Gasteiger partial charge in [0.25, 0.3) is 5.91 Å². The Morgan fingerprint density at radius 1 is 0.778 bits per heavy atom. The van der Waals surface area contributed by atoms with Crippen molar-refractivity contribution in [1.29, 1.82) is 0 Å². The fourth-order valence-electron chi connectivity index (χ4n) is 3.49. The van der Waals surface area contributed by atoms with Gasteiger partial charge in [-0.15, -0.1) is 0 Å². The molecule has 2 aliphatic rings. The molecule has 0 fully saturated rings. The van der Waals surface area contributed by atoms with E-state index in [1.807, 2.05) is 30.3 Å². The summed E-state index contributed by atoms with van der Waals surface area (Å²) >= 11 is 0. The predicted octanol–water partition coefficient (Wildman–Crippen LogP) is 3.92. The largest absolute Gasteiger partial charge is 0.486 e. The van der Waals surface area contributed by atoms with Crippen LogP contribution in [0.2, 0.25) is 0 Å². The number of amides is 1. The number of hydrogen-bond acceptors (Lipinski definition) is 4. The molecule has 0 radical (unpaired) electrons. The van der Waals surface area contributed by atoms with Crippen molar-refractivity contribution in [3.8, 4) is 22.6 Å². The zero-order chi connectivity index (χ0) is 18.4. The molecule has 0 spiro atoms. The zero-order valence-corrected chi connectivity index (χ0v) is 14.3. The molecular weight excluding hydrogens is 342 g/mol. The molecule has 27 heavy (non-hydrogen) atoms. The van der Waals surface area contributed by atoms with Gasteiger partial charge in [-0.3, -0.25) is 9.59 Å². The second-order valence-electron chi connectivity index (χ2n) is 6.45. The van der Waals surface area contributed by atoms with E-state index in [1.54, 1.807) is 30.3 Å². The Kier molecular flexibility index (Phi) is 3.47. The first-order valence-corrected chi connectivity index (χ1v) is 8.70. The molecule has 5 rings (SSSR count). The molecule has 1 heterocycles. The maximum absolute atomic E-state index is 12.7. The molecule has 0 bridgehead atoms. The number of ketones is 1. The van der Waals surface area contributed by atoms with Crippen LogP contribution in [0.25, 0.3) is 11.1 Å². The van der Waals surface area contributed by atoms with Crippen LogP contribution in [0.15, 0.2) is 60.7 Å². The van der Waals surface area contributed by atoms with Gasteiger partial charge in [-0.25, -0.2) is 0 Å². The molecule has 0 saturated carbocycles. The summed E-state index contributed by atoms with van der Waals surface area (Å²) in [5.41, 5.74) is 4.06. The highest BCUT2D eigenvalue weighted by Crippen LogP contribution is 2.37. The van der Waals surface area contributed by atoms with Crippen LogP contribution in [0.5, 0.6) is 11.5 Å². The normalized spacial score (nSPS) is 13.7. The Hall–Kier alpha value is -3.60. The van der Waals surface area contributed by atoms with Gasteiger partial charge in [-0.2, -0.15) is 0 Å². The maximum atomic E-state index is 12.7.